The monoisotopic (exact) mass is 392 g/mol. The molecule has 3 aromatic rings. The minimum absolute atomic E-state index is 0.124. The van der Waals surface area contributed by atoms with Crippen LogP contribution in [-0.2, 0) is 0 Å². The van der Waals surface area contributed by atoms with E-state index in [1.54, 1.807) is 0 Å². The number of nitrogens with zero attached hydrogens (tertiary/aromatic N) is 7. The summed E-state index contributed by atoms with van der Waals surface area (Å²) in [6.07, 6.45) is 1.25. The van der Waals surface area contributed by atoms with E-state index in [0.29, 0.717) is 32.0 Å². The Balaban J connectivity index is 1.55. The Labute approximate surface area is 167 Å². The SMILES string of the molecule is Cc1nc(-c2ccccc2)cc(N2CCN(c3ncnc(N)c3[N+](=O)[O-])CC2)n1. The van der Waals surface area contributed by atoms with E-state index in [-0.39, 0.29) is 17.3 Å². The van der Waals surface area contributed by atoms with Crippen LogP contribution in [0.2, 0.25) is 0 Å². The fourth-order valence-electron chi connectivity index (χ4n) is 3.41. The van der Waals surface area contributed by atoms with Gasteiger partial charge < -0.3 is 15.5 Å². The maximum absolute atomic E-state index is 11.4. The van der Waals surface area contributed by atoms with Crippen molar-refractivity contribution in [2.45, 2.75) is 6.92 Å². The van der Waals surface area contributed by atoms with Gasteiger partial charge in [0, 0.05) is 37.8 Å². The molecule has 3 heterocycles. The summed E-state index contributed by atoms with van der Waals surface area (Å²) in [5.74, 6) is 1.67. The van der Waals surface area contributed by atoms with Crippen molar-refractivity contribution in [2.24, 2.45) is 0 Å². The van der Waals surface area contributed by atoms with Crippen molar-refractivity contribution in [3.63, 3.8) is 0 Å². The first-order valence-corrected chi connectivity index (χ1v) is 9.19. The number of nitrogens with two attached hydrogens (primary N) is 1. The molecule has 0 bridgehead atoms. The Morgan fingerprint density at radius 2 is 1.72 bits per heavy atom. The number of aryl methyl sites for hydroxylation is 1. The Kier molecular flexibility index (Phi) is 4.90. The zero-order valence-corrected chi connectivity index (χ0v) is 15.9. The third kappa shape index (κ3) is 3.77. The van der Waals surface area contributed by atoms with Crippen LogP contribution in [0.1, 0.15) is 5.82 Å². The molecule has 2 aromatic heterocycles. The summed E-state index contributed by atoms with van der Waals surface area (Å²) in [6.45, 7) is 4.28. The molecule has 29 heavy (non-hydrogen) atoms. The normalized spacial score (nSPS) is 14.1. The number of anilines is 3. The van der Waals surface area contributed by atoms with E-state index in [1.165, 1.54) is 6.33 Å². The maximum atomic E-state index is 11.4. The van der Waals surface area contributed by atoms with Crippen LogP contribution in [0.15, 0.2) is 42.7 Å². The molecule has 1 aromatic carbocycles. The van der Waals surface area contributed by atoms with Crippen LogP contribution in [0.5, 0.6) is 0 Å². The number of hydrogen-bond donors (Lipinski definition) is 1. The van der Waals surface area contributed by atoms with Gasteiger partial charge in [0.05, 0.1) is 10.6 Å². The molecule has 1 saturated heterocycles. The summed E-state index contributed by atoms with van der Waals surface area (Å²) in [5.41, 5.74) is 7.35. The lowest BCUT2D eigenvalue weighted by Crippen LogP contribution is -2.47. The van der Waals surface area contributed by atoms with Crippen molar-refractivity contribution in [3.05, 3.63) is 58.7 Å². The van der Waals surface area contributed by atoms with Gasteiger partial charge in [0.25, 0.3) is 0 Å². The van der Waals surface area contributed by atoms with Gasteiger partial charge in [-0.25, -0.2) is 19.9 Å². The summed E-state index contributed by atoms with van der Waals surface area (Å²) in [4.78, 5) is 31.8. The molecule has 0 aliphatic carbocycles. The number of aromatic nitrogens is 4. The Morgan fingerprint density at radius 3 is 2.41 bits per heavy atom. The van der Waals surface area contributed by atoms with Crippen LogP contribution in [0, 0.1) is 17.0 Å². The first-order chi connectivity index (χ1) is 14.0. The molecule has 0 saturated carbocycles. The molecule has 0 amide bonds. The predicted octanol–water partition coefficient (Wildman–Crippen LogP) is 2.06. The van der Waals surface area contributed by atoms with Crippen LogP contribution in [-0.4, -0.2) is 51.0 Å². The topological polar surface area (TPSA) is 127 Å². The van der Waals surface area contributed by atoms with Gasteiger partial charge in [-0.15, -0.1) is 0 Å². The van der Waals surface area contributed by atoms with Crippen LogP contribution in [0.3, 0.4) is 0 Å². The van der Waals surface area contributed by atoms with Gasteiger partial charge in [0.2, 0.25) is 11.6 Å². The minimum atomic E-state index is -0.531. The summed E-state index contributed by atoms with van der Waals surface area (Å²) < 4.78 is 0. The number of nitrogen functional groups attached to an aromatic ring is 1. The third-order valence-corrected chi connectivity index (χ3v) is 4.81. The highest BCUT2D eigenvalue weighted by atomic mass is 16.6. The lowest BCUT2D eigenvalue weighted by atomic mass is 10.1. The first-order valence-electron chi connectivity index (χ1n) is 9.19. The highest BCUT2D eigenvalue weighted by molar-refractivity contribution is 5.69. The molecule has 0 radical (unpaired) electrons. The summed E-state index contributed by atoms with van der Waals surface area (Å²) in [7, 11) is 0. The maximum Gasteiger partial charge on any atom is 0.353 e. The standard InChI is InChI=1S/C19H20N8O2/c1-13-23-15(14-5-3-2-4-6-14)11-16(24-13)25-7-9-26(10-8-25)19-17(27(28)29)18(20)21-12-22-19/h2-6,11-12H,7-10H2,1H3,(H2,20,21,22). The van der Waals surface area contributed by atoms with E-state index in [9.17, 15) is 10.1 Å². The smallest absolute Gasteiger partial charge is 0.353 e. The van der Waals surface area contributed by atoms with Crippen molar-refractivity contribution in [3.8, 4) is 11.3 Å². The van der Waals surface area contributed by atoms with E-state index < -0.39 is 4.92 Å². The molecule has 2 N–H and O–H groups in total. The molecule has 1 aliphatic heterocycles. The lowest BCUT2D eigenvalue weighted by molar-refractivity contribution is -0.383. The van der Waals surface area contributed by atoms with Crippen LogP contribution >= 0.6 is 0 Å². The van der Waals surface area contributed by atoms with Gasteiger partial charge in [-0.1, -0.05) is 30.3 Å². The largest absolute Gasteiger partial charge is 0.378 e. The van der Waals surface area contributed by atoms with Gasteiger partial charge in [-0.05, 0) is 6.92 Å². The van der Waals surface area contributed by atoms with Gasteiger partial charge in [-0.2, -0.15) is 0 Å². The number of benzene rings is 1. The van der Waals surface area contributed by atoms with Crippen LogP contribution in [0.4, 0.5) is 23.1 Å². The summed E-state index contributed by atoms with van der Waals surface area (Å²) in [6, 6.07) is 11.9. The molecule has 10 heteroatoms. The Hall–Kier alpha value is -3.82. The van der Waals surface area contributed by atoms with E-state index in [0.717, 1.165) is 17.1 Å². The van der Waals surface area contributed by atoms with Crippen molar-refractivity contribution in [2.75, 3.05) is 41.7 Å². The molecule has 0 spiro atoms. The second kappa shape index (κ2) is 7.66. The second-order valence-electron chi connectivity index (χ2n) is 6.69. The molecule has 1 aliphatic rings. The number of rotatable bonds is 4. The zero-order chi connectivity index (χ0) is 20.4. The summed E-state index contributed by atoms with van der Waals surface area (Å²) >= 11 is 0. The van der Waals surface area contributed by atoms with Gasteiger partial charge in [-0.3, -0.25) is 10.1 Å². The second-order valence-corrected chi connectivity index (χ2v) is 6.69. The number of hydrogen-bond acceptors (Lipinski definition) is 9. The Morgan fingerprint density at radius 1 is 1.03 bits per heavy atom. The van der Waals surface area contributed by atoms with E-state index >= 15 is 0 Å². The van der Waals surface area contributed by atoms with Gasteiger partial charge in [0.1, 0.15) is 18.0 Å². The average Bonchev–Trinajstić information content (AvgIpc) is 2.73. The van der Waals surface area contributed by atoms with Crippen LogP contribution in [0.25, 0.3) is 11.3 Å². The quantitative estimate of drug-likeness (QED) is 0.524. The molecular weight excluding hydrogens is 372 g/mol. The lowest BCUT2D eigenvalue weighted by Gasteiger charge is -2.35. The molecule has 10 nitrogen and oxygen atoms in total. The molecule has 4 rings (SSSR count). The highest BCUT2D eigenvalue weighted by Gasteiger charge is 2.28. The molecule has 1 fully saturated rings. The van der Waals surface area contributed by atoms with E-state index in [2.05, 4.69) is 24.8 Å². The fraction of sp³-hybridized carbons (Fsp3) is 0.263. The van der Waals surface area contributed by atoms with Crippen molar-refractivity contribution in [1.82, 2.24) is 19.9 Å². The number of piperazine rings is 1. The predicted molar refractivity (Wildman–Crippen MR) is 110 cm³/mol. The average molecular weight is 392 g/mol. The van der Waals surface area contributed by atoms with Crippen molar-refractivity contribution >= 4 is 23.1 Å². The summed E-state index contributed by atoms with van der Waals surface area (Å²) in [5, 5.41) is 11.4. The third-order valence-electron chi connectivity index (χ3n) is 4.81. The van der Waals surface area contributed by atoms with Crippen molar-refractivity contribution in [1.29, 1.82) is 0 Å². The van der Waals surface area contributed by atoms with Crippen molar-refractivity contribution < 1.29 is 4.92 Å². The Bertz CT molecular complexity index is 1040. The first kappa shape index (κ1) is 18.5. The van der Waals surface area contributed by atoms with Gasteiger partial charge in [0.15, 0.2) is 0 Å². The number of nitro groups is 1. The fourth-order valence-corrected chi connectivity index (χ4v) is 3.41. The minimum Gasteiger partial charge on any atom is -0.378 e. The molecule has 0 unspecified atom stereocenters. The zero-order valence-electron chi connectivity index (χ0n) is 15.9. The van der Waals surface area contributed by atoms with E-state index in [1.807, 2.05) is 48.2 Å². The molecule has 0 atom stereocenters. The van der Waals surface area contributed by atoms with Crippen LogP contribution < -0.4 is 15.5 Å². The van der Waals surface area contributed by atoms with Gasteiger partial charge >= 0.3 is 5.69 Å². The molecule has 148 valence electrons. The molecular formula is C19H20N8O2. The highest BCUT2D eigenvalue weighted by Crippen LogP contribution is 2.31. The van der Waals surface area contributed by atoms with E-state index in [4.69, 9.17) is 5.73 Å².